The highest BCUT2D eigenvalue weighted by Gasteiger charge is 2.09. The number of fused-ring (bicyclic) bond motifs is 1. The predicted molar refractivity (Wildman–Crippen MR) is 87.4 cm³/mol. The van der Waals surface area contributed by atoms with Crippen molar-refractivity contribution < 1.29 is 9.21 Å². The average Bonchev–Trinajstić information content (AvgIpc) is 2.89. The Morgan fingerprint density at radius 1 is 1.39 bits per heavy atom. The Kier molecular flexibility index (Phi) is 4.16. The highest BCUT2D eigenvalue weighted by atomic mass is 32.2. The Hall–Kier alpha value is -2.61. The van der Waals surface area contributed by atoms with Crippen molar-refractivity contribution in [3.63, 3.8) is 0 Å². The number of aromatic nitrogens is 3. The molecule has 0 fully saturated rings. The summed E-state index contributed by atoms with van der Waals surface area (Å²) in [4.78, 5) is 22.9. The molecule has 0 atom stereocenters. The second-order valence-electron chi connectivity index (χ2n) is 5.00. The zero-order valence-electron chi connectivity index (χ0n) is 12.6. The Labute approximate surface area is 135 Å². The molecule has 0 radical (unpaired) electrons. The van der Waals surface area contributed by atoms with Crippen molar-refractivity contribution in [3.05, 3.63) is 46.6 Å². The van der Waals surface area contributed by atoms with Gasteiger partial charge in [0.05, 0.1) is 0 Å². The highest BCUT2D eigenvalue weighted by Crippen LogP contribution is 2.26. The first kappa shape index (κ1) is 15.3. The van der Waals surface area contributed by atoms with Crippen LogP contribution in [0.1, 0.15) is 12.5 Å². The Morgan fingerprint density at radius 2 is 2.22 bits per heavy atom. The van der Waals surface area contributed by atoms with Gasteiger partial charge in [0.2, 0.25) is 5.91 Å². The van der Waals surface area contributed by atoms with Crippen LogP contribution in [-0.2, 0) is 17.6 Å². The van der Waals surface area contributed by atoms with E-state index in [1.807, 2.05) is 17.7 Å². The predicted octanol–water partition coefficient (Wildman–Crippen LogP) is 2.17. The lowest BCUT2D eigenvalue weighted by Crippen LogP contribution is -2.06. The first-order valence-corrected chi connectivity index (χ1v) is 7.82. The summed E-state index contributed by atoms with van der Waals surface area (Å²) >= 11 is 1.48. The number of rotatable bonds is 4. The summed E-state index contributed by atoms with van der Waals surface area (Å²) in [5.41, 5.74) is 1.45. The van der Waals surface area contributed by atoms with Gasteiger partial charge >= 0.3 is 5.63 Å². The maximum atomic E-state index is 11.8. The lowest BCUT2D eigenvalue weighted by Gasteiger charge is -2.07. The van der Waals surface area contributed by atoms with Crippen molar-refractivity contribution in [2.75, 3.05) is 5.32 Å². The van der Waals surface area contributed by atoms with Gasteiger partial charge in [-0.05, 0) is 17.7 Å². The van der Waals surface area contributed by atoms with Crippen molar-refractivity contribution in [3.8, 4) is 0 Å². The first-order valence-electron chi connectivity index (χ1n) is 6.84. The van der Waals surface area contributed by atoms with E-state index >= 15 is 0 Å². The number of nitrogens with one attached hydrogen (secondary N) is 1. The Balaban J connectivity index is 1.95. The number of aryl methyl sites for hydroxylation is 1. The molecule has 0 bridgehead atoms. The third kappa shape index (κ3) is 3.42. The minimum Gasteiger partial charge on any atom is -0.423 e. The number of carbonyl (C=O) groups excluding carboxylic acids is 1. The van der Waals surface area contributed by atoms with Crippen molar-refractivity contribution in [1.29, 1.82) is 0 Å². The number of nitrogens with zero attached hydrogens (tertiary/aromatic N) is 3. The van der Waals surface area contributed by atoms with Crippen LogP contribution in [0.15, 0.2) is 45.0 Å². The van der Waals surface area contributed by atoms with Gasteiger partial charge in [-0.1, -0.05) is 11.8 Å². The minimum absolute atomic E-state index is 0.180. The van der Waals surface area contributed by atoms with Crippen LogP contribution in [0.25, 0.3) is 11.0 Å². The largest absolute Gasteiger partial charge is 0.423 e. The van der Waals surface area contributed by atoms with Crippen molar-refractivity contribution in [2.45, 2.75) is 17.8 Å². The Morgan fingerprint density at radius 3 is 2.91 bits per heavy atom. The van der Waals surface area contributed by atoms with Gasteiger partial charge in [0.25, 0.3) is 0 Å². The van der Waals surface area contributed by atoms with E-state index in [1.54, 1.807) is 18.5 Å². The van der Waals surface area contributed by atoms with Crippen molar-refractivity contribution in [2.24, 2.45) is 7.05 Å². The molecule has 0 aliphatic heterocycles. The molecule has 3 aromatic rings. The second-order valence-corrected chi connectivity index (χ2v) is 5.94. The third-order valence-corrected chi connectivity index (χ3v) is 4.26. The van der Waals surface area contributed by atoms with Crippen LogP contribution >= 0.6 is 11.8 Å². The van der Waals surface area contributed by atoms with E-state index in [-0.39, 0.29) is 5.91 Å². The van der Waals surface area contributed by atoms with Crippen LogP contribution in [0.4, 0.5) is 5.69 Å². The van der Waals surface area contributed by atoms with E-state index in [9.17, 15) is 9.59 Å². The summed E-state index contributed by atoms with van der Waals surface area (Å²) in [7, 11) is 1.86. The fraction of sp³-hybridized carbons (Fsp3) is 0.200. The van der Waals surface area contributed by atoms with Gasteiger partial charge in [0, 0.05) is 42.9 Å². The number of amides is 1. The standard InChI is InChI=1S/C15H14N4O3S/c1-9(20)17-11-3-4-12-10(5-14(21)22-13(12)6-11)7-23-15-18-16-8-19(15)2/h3-6,8H,7H2,1-2H3,(H,17,20). The van der Waals surface area contributed by atoms with Crippen LogP contribution in [0.5, 0.6) is 0 Å². The molecule has 0 saturated heterocycles. The van der Waals surface area contributed by atoms with Gasteiger partial charge in [-0.15, -0.1) is 10.2 Å². The van der Waals surface area contributed by atoms with Crippen molar-refractivity contribution >= 4 is 34.3 Å². The molecular weight excluding hydrogens is 316 g/mol. The fourth-order valence-electron chi connectivity index (χ4n) is 2.18. The summed E-state index contributed by atoms with van der Waals surface area (Å²) < 4.78 is 7.05. The topological polar surface area (TPSA) is 90.0 Å². The average molecular weight is 330 g/mol. The molecule has 0 unspecified atom stereocenters. The van der Waals surface area contributed by atoms with Crippen LogP contribution < -0.4 is 10.9 Å². The number of anilines is 1. The molecule has 0 saturated carbocycles. The van der Waals surface area contributed by atoms with Crippen LogP contribution in [0.2, 0.25) is 0 Å². The number of hydrogen-bond acceptors (Lipinski definition) is 6. The van der Waals surface area contributed by atoms with Crippen LogP contribution in [-0.4, -0.2) is 20.7 Å². The minimum atomic E-state index is -0.425. The number of thioether (sulfide) groups is 1. The monoisotopic (exact) mass is 330 g/mol. The van der Waals surface area contributed by atoms with E-state index in [1.165, 1.54) is 24.8 Å². The molecule has 23 heavy (non-hydrogen) atoms. The summed E-state index contributed by atoms with van der Waals surface area (Å²) in [6.45, 7) is 1.42. The molecule has 0 aliphatic carbocycles. The van der Waals surface area contributed by atoms with Gasteiger partial charge in [-0.25, -0.2) is 4.79 Å². The second kappa shape index (κ2) is 6.25. The van der Waals surface area contributed by atoms with Crippen molar-refractivity contribution in [1.82, 2.24) is 14.8 Å². The molecule has 1 amide bonds. The van der Waals surface area contributed by atoms with Gasteiger partial charge in [0.1, 0.15) is 11.9 Å². The molecule has 1 N–H and O–H groups in total. The molecular formula is C15H14N4O3S. The highest BCUT2D eigenvalue weighted by molar-refractivity contribution is 7.98. The quantitative estimate of drug-likeness (QED) is 0.582. The smallest absolute Gasteiger partial charge is 0.336 e. The maximum Gasteiger partial charge on any atom is 0.336 e. The maximum absolute atomic E-state index is 11.8. The van der Waals surface area contributed by atoms with Gasteiger partial charge < -0.3 is 14.3 Å². The lowest BCUT2D eigenvalue weighted by molar-refractivity contribution is -0.114. The zero-order chi connectivity index (χ0) is 16.4. The molecule has 2 aromatic heterocycles. The van der Waals surface area contributed by atoms with Crippen LogP contribution in [0, 0.1) is 0 Å². The lowest BCUT2D eigenvalue weighted by atomic mass is 10.1. The molecule has 2 heterocycles. The van der Waals surface area contributed by atoms with Gasteiger partial charge in [-0.2, -0.15) is 0 Å². The summed E-state index contributed by atoms with van der Waals surface area (Å²) in [5.74, 6) is 0.384. The van der Waals surface area contributed by atoms with Crippen LogP contribution in [0.3, 0.4) is 0 Å². The zero-order valence-corrected chi connectivity index (χ0v) is 13.4. The van der Waals surface area contributed by atoms with Gasteiger partial charge in [-0.3, -0.25) is 4.79 Å². The SMILES string of the molecule is CC(=O)Nc1ccc2c(CSc3nncn3C)cc(=O)oc2c1. The first-order chi connectivity index (χ1) is 11.0. The van der Waals surface area contributed by atoms with E-state index in [2.05, 4.69) is 15.5 Å². The number of benzene rings is 1. The molecule has 0 aliphatic rings. The molecule has 7 nitrogen and oxygen atoms in total. The normalized spacial score (nSPS) is 10.9. The van der Waals surface area contributed by atoms with E-state index < -0.39 is 5.63 Å². The summed E-state index contributed by atoms with van der Waals surface area (Å²) in [5, 5.41) is 12.1. The number of hydrogen-bond donors (Lipinski definition) is 1. The fourth-order valence-corrected chi connectivity index (χ4v) is 3.06. The molecule has 118 valence electrons. The van der Waals surface area contributed by atoms with E-state index in [4.69, 9.17) is 4.42 Å². The number of carbonyl (C=O) groups is 1. The summed E-state index contributed by atoms with van der Waals surface area (Å²) in [6, 6.07) is 6.73. The van der Waals surface area contributed by atoms with E-state index in [0.717, 1.165) is 16.1 Å². The molecule has 0 spiro atoms. The third-order valence-electron chi connectivity index (χ3n) is 3.18. The van der Waals surface area contributed by atoms with E-state index in [0.29, 0.717) is 17.0 Å². The summed E-state index contributed by atoms with van der Waals surface area (Å²) in [6.07, 6.45) is 1.62. The van der Waals surface area contributed by atoms with Gasteiger partial charge in [0.15, 0.2) is 5.16 Å². The Bertz CT molecular complexity index is 932. The molecule has 1 aromatic carbocycles. The molecule has 8 heteroatoms. The molecule has 3 rings (SSSR count).